The zero-order valence-corrected chi connectivity index (χ0v) is 18.2. The highest BCUT2D eigenvalue weighted by Gasteiger charge is 2.22. The smallest absolute Gasteiger partial charge is 0.264 e. The van der Waals surface area contributed by atoms with Gasteiger partial charge in [0, 0.05) is 25.2 Å². The molecule has 0 fully saturated rings. The van der Waals surface area contributed by atoms with E-state index in [9.17, 15) is 4.79 Å². The third kappa shape index (κ3) is 3.98. The molecule has 0 aliphatic rings. The lowest BCUT2D eigenvalue weighted by atomic mass is 10.1. The Balaban J connectivity index is 1.95. The third-order valence-electron chi connectivity index (χ3n) is 4.90. The topological polar surface area (TPSA) is 76.6 Å². The van der Waals surface area contributed by atoms with Gasteiger partial charge in [0.1, 0.15) is 17.0 Å². The molecule has 0 atom stereocenters. The molecule has 154 valence electrons. The second-order valence-corrected chi connectivity index (χ2v) is 7.44. The van der Waals surface area contributed by atoms with E-state index in [0.29, 0.717) is 41.8 Å². The number of nitrogens with zero attached hydrogens (tertiary/aromatic N) is 3. The molecule has 8 heteroatoms. The number of rotatable bonds is 8. The van der Waals surface area contributed by atoms with Crippen molar-refractivity contribution in [2.45, 2.75) is 27.3 Å². The van der Waals surface area contributed by atoms with Crippen molar-refractivity contribution < 1.29 is 14.3 Å². The van der Waals surface area contributed by atoms with Gasteiger partial charge in [-0.2, -0.15) is 0 Å². The summed E-state index contributed by atoms with van der Waals surface area (Å²) >= 11 is 1.41. The molecule has 1 N–H and O–H groups in total. The van der Waals surface area contributed by atoms with Gasteiger partial charge in [0.05, 0.1) is 24.5 Å². The minimum atomic E-state index is 0.0379. The molecule has 2 heterocycles. The number of amides is 1. The van der Waals surface area contributed by atoms with Gasteiger partial charge >= 0.3 is 0 Å². The fraction of sp³-hybridized carbons (Fsp3) is 0.381. The first-order valence-electron chi connectivity index (χ1n) is 9.52. The standard InChI is InChI=1S/C21H26N4O3S/c1-6-25(7-2)21(26)18-13(3)16-19(23-12-24-20(16)29-18)22-11-14-9-8-10-15(27-4)17(14)28-5/h8-10,12H,6-7,11H2,1-5H3,(H,22,23,24). The van der Waals surface area contributed by atoms with Gasteiger partial charge in [-0.25, -0.2) is 9.97 Å². The Labute approximate surface area is 174 Å². The second-order valence-electron chi connectivity index (χ2n) is 6.44. The van der Waals surface area contributed by atoms with Gasteiger partial charge in [0.25, 0.3) is 5.91 Å². The highest BCUT2D eigenvalue weighted by molar-refractivity contribution is 7.20. The zero-order chi connectivity index (χ0) is 21.0. The van der Waals surface area contributed by atoms with Crippen LogP contribution in [0.1, 0.15) is 34.6 Å². The number of ether oxygens (including phenoxy) is 2. The van der Waals surface area contributed by atoms with E-state index >= 15 is 0 Å². The molecule has 0 aliphatic carbocycles. The minimum Gasteiger partial charge on any atom is -0.493 e. The van der Waals surface area contributed by atoms with E-state index < -0.39 is 0 Å². The van der Waals surface area contributed by atoms with Crippen LogP contribution >= 0.6 is 11.3 Å². The van der Waals surface area contributed by atoms with Crippen molar-refractivity contribution in [1.29, 1.82) is 0 Å². The molecule has 0 aliphatic heterocycles. The largest absolute Gasteiger partial charge is 0.493 e. The quantitative estimate of drug-likeness (QED) is 0.598. The van der Waals surface area contributed by atoms with Crippen LogP contribution in [0.25, 0.3) is 10.2 Å². The molecular weight excluding hydrogens is 388 g/mol. The summed E-state index contributed by atoms with van der Waals surface area (Å²) in [4.78, 5) is 25.0. The van der Waals surface area contributed by atoms with Gasteiger partial charge in [-0.15, -0.1) is 11.3 Å². The van der Waals surface area contributed by atoms with Crippen molar-refractivity contribution in [3.63, 3.8) is 0 Å². The molecule has 0 bridgehead atoms. The van der Waals surface area contributed by atoms with Crippen LogP contribution < -0.4 is 14.8 Å². The van der Waals surface area contributed by atoms with Gasteiger partial charge < -0.3 is 19.7 Å². The Morgan fingerprint density at radius 3 is 2.59 bits per heavy atom. The lowest BCUT2D eigenvalue weighted by Gasteiger charge is -2.18. The van der Waals surface area contributed by atoms with Crippen molar-refractivity contribution in [3.05, 3.63) is 40.5 Å². The summed E-state index contributed by atoms with van der Waals surface area (Å²) < 4.78 is 10.9. The monoisotopic (exact) mass is 414 g/mol. The number of para-hydroxylation sites is 1. The molecule has 0 unspecified atom stereocenters. The lowest BCUT2D eigenvalue weighted by Crippen LogP contribution is -2.30. The zero-order valence-electron chi connectivity index (χ0n) is 17.4. The van der Waals surface area contributed by atoms with Crippen molar-refractivity contribution in [2.75, 3.05) is 32.6 Å². The van der Waals surface area contributed by atoms with Crippen molar-refractivity contribution in [2.24, 2.45) is 0 Å². The number of hydrogen-bond donors (Lipinski definition) is 1. The normalized spacial score (nSPS) is 10.8. The molecule has 0 radical (unpaired) electrons. The van der Waals surface area contributed by atoms with E-state index in [4.69, 9.17) is 9.47 Å². The van der Waals surface area contributed by atoms with Crippen molar-refractivity contribution >= 4 is 33.3 Å². The number of aryl methyl sites for hydroxylation is 1. The number of thiophene rings is 1. The van der Waals surface area contributed by atoms with E-state index in [-0.39, 0.29) is 5.91 Å². The number of hydrogen-bond acceptors (Lipinski definition) is 7. The lowest BCUT2D eigenvalue weighted by molar-refractivity contribution is 0.0777. The molecule has 3 rings (SSSR count). The highest BCUT2D eigenvalue weighted by atomic mass is 32.1. The SMILES string of the molecule is CCN(CC)C(=O)c1sc2ncnc(NCc3cccc(OC)c3OC)c2c1C. The molecule has 2 aromatic heterocycles. The fourth-order valence-electron chi connectivity index (χ4n) is 3.34. The fourth-order valence-corrected chi connectivity index (χ4v) is 4.45. The van der Waals surface area contributed by atoms with Crippen LogP contribution in [-0.4, -0.2) is 48.1 Å². The third-order valence-corrected chi connectivity index (χ3v) is 6.09. The first-order chi connectivity index (χ1) is 14.0. The van der Waals surface area contributed by atoms with Gasteiger partial charge in [-0.3, -0.25) is 4.79 Å². The van der Waals surface area contributed by atoms with Crippen molar-refractivity contribution in [1.82, 2.24) is 14.9 Å². The summed E-state index contributed by atoms with van der Waals surface area (Å²) in [7, 11) is 3.24. The highest BCUT2D eigenvalue weighted by Crippen LogP contribution is 2.35. The van der Waals surface area contributed by atoms with Crippen LogP contribution in [0.2, 0.25) is 0 Å². The molecule has 1 aromatic carbocycles. The predicted molar refractivity (Wildman–Crippen MR) is 116 cm³/mol. The average molecular weight is 415 g/mol. The Kier molecular flexibility index (Phi) is 6.53. The summed E-state index contributed by atoms with van der Waals surface area (Å²) in [6.45, 7) is 7.78. The molecule has 3 aromatic rings. The number of anilines is 1. The van der Waals surface area contributed by atoms with E-state index in [1.54, 1.807) is 14.2 Å². The van der Waals surface area contributed by atoms with E-state index in [2.05, 4.69) is 15.3 Å². The van der Waals surface area contributed by atoms with Crippen LogP contribution in [0.4, 0.5) is 5.82 Å². The van der Waals surface area contributed by atoms with Crippen LogP contribution in [-0.2, 0) is 6.54 Å². The average Bonchev–Trinajstić information content (AvgIpc) is 3.09. The Morgan fingerprint density at radius 2 is 1.93 bits per heavy atom. The van der Waals surface area contributed by atoms with E-state index in [1.807, 2.05) is 43.9 Å². The first-order valence-corrected chi connectivity index (χ1v) is 10.3. The maximum atomic E-state index is 12.9. The number of fused-ring (bicyclic) bond motifs is 1. The predicted octanol–water partition coefficient (Wildman–Crippen LogP) is 4.11. The number of carbonyl (C=O) groups excluding carboxylic acids is 1. The number of carbonyl (C=O) groups is 1. The molecule has 0 saturated heterocycles. The minimum absolute atomic E-state index is 0.0379. The molecule has 7 nitrogen and oxygen atoms in total. The number of methoxy groups -OCH3 is 2. The number of nitrogens with one attached hydrogen (secondary N) is 1. The number of aromatic nitrogens is 2. The number of benzene rings is 1. The Bertz CT molecular complexity index is 1010. The van der Waals surface area contributed by atoms with Crippen LogP contribution in [0.3, 0.4) is 0 Å². The Morgan fingerprint density at radius 1 is 1.17 bits per heavy atom. The van der Waals surface area contributed by atoms with Gasteiger partial charge in [0.2, 0.25) is 0 Å². The van der Waals surface area contributed by atoms with E-state index in [0.717, 1.165) is 21.3 Å². The second kappa shape index (κ2) is 9.09. The summed E-state index contributed by atoms with van der Waals surface area (Å²) in [5, 5.41) is 4.26. The van der Waals surface area contributed by atoms with Crippen molar-refractivity contribution in [3.8, 4) is 11.5 Å². The van der Waals surface area contributed by atoms with E-state index in [1.165, 1.54) is 17.7 Å². The molecule has 1 amide bonds. The summed E-state index contributed by atoms with van der Waals surface area (Å²) in [5.41, 5.74) is 1.86. The summed E-state index contributed by atoms with van der Waals surface area (Å²) in [6.07, 6.45) is 1.52. The maximum Gasteiger partial charge on any atom is 0.264 e. The van der Waals surface area contributed by atoms with Crippen LogP contribution in [0.15, 0.2) is 24.5 Å². The van der Waals surface area contributed by atoms with Crippen LogP contribution in [0, 0.1) is 6.92 Å². The summed E-state index contributed by atoms with van der Waals surface area (Å²) in [5.74, 6) is 2.11. The maximum absolute atomic E-state index is 12.9. The van der Waals surface area contributed by atoms with Gasteiger partial charge in [-0.05, 0) is 32.4 Å². The van der Waals surface area contributed by atoms with Gasteiger partial charge in [0.15, 0.2) is 11.5 Å². The molecule has 0 saturated carbocycles. The molecule has 29 heavy (non-hydrogen) atoms. The Hall–Kier alpha value is -2.87. The van der Waals surface area contributed by atoms with Gasteiger partial charge in [-0.1, -0.05) is 12.1 Å². The first kappa shape index (κ1) is 20.9. The summed E-state index contributed by atoms with van der Waals surface area (Å²) in [6, 6.07) is 5.76. The van der Waals surface area contributed by atoms with Crippen LogP contribution in [0.5, 0.6) is 11.5 Å². The molecule has 0 spiro atoms. The molecular formula is C21H26N4O3S.